The maximum atomic E-state index is 12.6. The lowest BCUT2D eigenvalue weighted by atomic mass is 9.85. The number of H-pyrrole nitrogens is 1. The molecule has 2 N–H and O–H groups in total. The predicted octanol–water partition coefficient (Wildman–Crippen LogP) is 3.82. The number of benzene rings is 1. The first-order valence-electron chi connectivity index (χ1n) is 8.71. The summed E-state index contributed by atoms with van der Waals surface area (Å²) in [6, 6.07) is 11.5. The lowest BCUT2D eigenvalue weighted by Gasteiger charge is -2.28. The SMILES string of the molecule is CCCCC1(c2ccccc2)CC(Nc2n[nH]c(SC)c2C#N)C(=O)O1. The number of carbonyl (C=O) groups is 1. The van der Waals surface area contributed by atoms with Crippen LogP contribution in [0.2, 0.25) is 0 Å². The Hall–Kier alpha value is -2.46. The Morgan fingerprint density at radius 3 is 2.88 bits per heavy atom. The van der Waals surface area contributed by atoms with Crippen molar-refractivity contribution in [3.8, 4) is 6.07 Å². The molecule has 0 aliphatic carbocycles. The molecular formula is C19H22N4O2S. The standard InChI is InChI=1S/C19H22N4O2S/c1-3-4-10-19(13-8-6-5-7-9-13)11-15(18(24)25-19)21-16-14(12-20)17(26-2)23-22-16/h5-9,15H,3-4,10-11H2,1-2H3,(H2,21,22,23). The highest BCUT2D eigenvalue weighted by molar-refractivity contribution is 7.98. The number of ether oxygens (including phenoxy) is 1. The topological polar surface area (TPSA) is 90.8 Å². The van der Waals surface area contributed by atoms with Gasteiger partial charge in [0.2, 0.25) is 0 Å². The van der Waals surface area contributed by atoms with Crippen LogP contribution in [-0.4, -0.2) is 28.5 Å². The fourth-order valence-electron chi connectivity index (χ4n) is 3.35. The van der Waals surface area contributed by atoms with E-state index in [1.807, 2.05) is 36.6 Å². The molecule has 2 heterocycles. The number of hydrogen-bond donors (Lipinski definition) is 2. The number of nitriles is 1. The Balaban J connectivity index is 1.86. The molecule has 7 heteroatoms. The first-order chi connectivity index (χ1) is 12.6. The summed E-state index contributed by atoms with van der Waals surface area (Å²) in [6.45, 7) is 2.12. The molecule has 136 valence electrons. The molecule has 0 amide bonds. The molecule has 0 saturated carbocycles. The minimum atomic E-state index is -0.628. The predicted molar refractivity (Wildman–Crippen MR) is 101 cm³/mol. The summed E-state index contributed by atoms with van der Waals surface area (Å²) in [5.41, 5.74) is 0.812. The molecule has 1 saturated heterocycles. The minimum Gasteiger partial charge on any atom is -0.453 e. The molecule has 6 nitrogen and oxygen atoms in total. The van der Waals surface area contributed by atoms with E-state index >= 15 is 0 Å². The second-order valence-electron chi connectivity index (χ2n) is 6.38. The molecule has 3 rings (SSSR count). The second kappa shape index (κ2) is 7.83. The summed E-state index contributed by atoms with van der Waals surface area (Å²) in [6.07, 6.45) is 5.16. The smallest absolute Gasteiger partial charge is 0.329 e. The van der Waals surface area contributed by atoms with Crippen molar-refractivity contribution in [1.29, 1.82) is 5.26 Å². The Kier molecular flexibility index (Phi) is 5.52. The average molecular weight is 370 g/mol. The molecule has 1 aliphatic heterocycles. The van der Waals surface area contributed by atoms with E-state index in [1.54, 1.807) is 0 Å². The first-order valence-corrected chi connectivity index (χ1v) is 9.93. The number of rotatable bonds is 7. The van der Waals surface area contributed by atoms with E-state index in [2.05, 4.69) is 28.5 Å². The van der Waals surface area contributed by atoms with Crippen molar-refractivity contribution >= 4 is 23.5 Å². The third kappa shape index (κ3) is 3.42. The maximum absolute atomic E-state index is 12.6. The number of aromatic amines is 1. The van der Waals surface area contributed by atoms with Crippen LogP contribution in [0.4, 0.5) is 5.82 Å². The molecule has 1 fully saturated rings. The third-order valence-electron chi connectivity index (χ3n) is 4.71. The Morgan fingerprint density at radius 2 is 2.23 bits per heavy atom. The summed E-state index contributed by atoms with van der Waals surface area (Å²) in [5.74, 6) is 0.0979. The summed E-state index contributed by atoms with van der Waals surface area (Å²) >= 11 is 1.41. The molecule has 2 atom stereocenters. The van der Waals surface area contributed by atoms with Gasteiger partial charge in [-0.2, -0.15) is 10.4 Å². The van der Waals surface area contributed by atoms with Gasteiger partial charge in [-0.1, -0.05) is 43.7 Å². The van der Waals surface area contributed by atoms with E-state index in [1.165, 1.54) is 11.8 Å². The van der Waals surface area contributed by atoms with Crippen LogP contribution in [0, 0.1) is 11.3 Å². The van der Waals surface area contributed by atoms with Gasteiger partial charge >= 0.3 is 5.97 Å². The highest BCUT2D eigenvalue weighted by Gasteiger charge is 2.48. The Labute approximate surface area is 157 Å². The minimum absolute atomic E-state index is 0.303. The van der Waals surface area contributed by atoms with Crippen LogP contribution >= 0.6 is 11.8 Å². The van der Waals surface area contributed by atoms with E-state index < -0.39 is 11.6 Å². The van der Waals surface area contributed by atoms with Crippen LogP contribution < -0.4 is 5.32 Å². The number of nitrogens with zero attached hydrogens (tertiary/aromatic N) is 2. The van der Waals surface area contributed by atoms with Crippen molar-refractivity contribution < 1.29 is 9.53 Å². The number of esters is 1. The zero-order chi connectivity index (χ0) is 18.6. The van der Waals surface area contributed by atoms with Gasteiger partial charge in [-0.3, -0.25) is 5.10 Å². The van der Waals surface area contributed by atoms with Gasteiger partial charge in [0, 0.05) is 6.42 Å². The number of cyclic esters (lactones) is 1. The van der Waals surface area contributed by atoms with Crippen LogP contribution in [-0.2, 0) is 15.1 Å². The lowest BCUT2D eigenvalue weighted by molar-refractivity contribution is -0.150. The molecule has 1 aromatic carbocycles. The second-order valence-corrected chi connectivity index (χ2v) is 7.19. The first kappa shape index (κ1) is 18.3. The molecule has 26 heavy (non-hydrogen) atoms. The number of nitrogens with one attached hydrogen (secondary N) is 2. The van der Waals surface area contributed by atoms with Gasteiger partial charge < -0.3 is 10.1 Å². The summed E-state index contributed by atoms with van der Waals surface area (Å²) in [5, 5.41) is 20.1. The van der Waals surface area contributed by atoms with Crippen LogP contribution in [0.5, 0.6) is 0 Å². The summed E-state index contributed by atoms with van der Waals surface area (Å²) in [4.78, 5) is 12.6. The molecular weight excluding hydrogens is 348 g/mol. The maximum Gasteiger partial charge on any atom is 0.329 e. The van der Waals surface area contributed by atoms with E-state index in [0.717, 1.165) is 24.8 Å². The zero-order valence-electron chi connectivity index (χ0n) is 14.9. The van der Waals surface area contributed by atoms with E-state index in [4.69, 9.17) is 4.74 Å². The van der Waals surface area contributed by atoms with Crippen molar-refractivity contribution in [3.05, 3.63) is 41.5 Å². The van der Waals surface area contributed by atoms with Gasteiger partial charge in [0.1, 0.15) is 28.3 Å². The number of carbonyl (C=O) groups excluding carboxylic acids is 1. The highest BCUT2D eigenvalue weighted by atomic mass is 32.2. The molecule has 1 aliphatic rings. The molecule has 0 bridgehead atoms. The van der Waals surface area contributed by atoms with Crippen molar-refractivity contribution in [1.82, 2.24) is 10.2 Å². The van der Waals surface area contributed by atoms with E-state index in [0.29, 0.717) is 22.8 Å². The number of anilines is 1. The summed E-state index contributed by atoms with van der Waals surface area (Å²) in [7, 11) is 0. The van der Waals surface area contributed by atoms with Crippen LogP contribution in [0.25, 0.3) is 0 Å². The van der Waals surface area contributed by atoms with Crippen molar-refractivity contribution in [2.75, 3.05) is 11.6 Å². The molecule has 0 spiro atoms. The van der Waals surface area contributed by atoms with Crippen LogP contribution in [0.3, 0.4) is 0 Å². The van der Waals surface area contributed by atoms with Crippen LogP contribution in [0.1, 0.15) is 43.7 Å². The van der Waals surface area contributed by atoms with Gasteiger partial charge in [0.05, 0.1) is 0 Å². The largest absolute Gasteiger partial charge is 0.453 e. The number of hydrogen-bond acceptors (Lipinski definition) is 6. The van der Waals surface area contributed by atoms with Gasteiger partial charge in [-0.15, -0.1) is 11.8 Å². The number of unbranched alkanes of at least 4 members (excludes halogenated alkanes) is 1. The average Bonchev–Trinajstić information content (AvgIpc) is 3.22. The van der Waals surface area contributed by atoms with Gasteiger partial charge in [-0.05, 0) is 24.7 Å². The lowest BCUT2D eigenvalue weighted by Crippen LogP contribution is -2.27. The third-order valence-corrected chi connectivity index (χ3v) is 5.41. The zero-order valence-corrected chi connectivity index (χ0v) is 15.7. The highest BCUT2D eigenvalue weighted by Crippen LogP contribution is 2.42. The molecule has 1 aromatic heterocycles. The van der Waals surface area contributed by atoms with E-state index in [-0.39, 0.29) is 5.97 Å². The number of aromatic nitrogens is 2. The van der Waals surface area contributed by atoms with Crippen LogP contribution in [0.15, 0.2) is 35.4 Å². The van der Waals surface area contributed by atoms with Crippen molar-refractivity contribution in [2.24, 2.45) is 0 Å². The van der Waals surface area contributed by atoms with Gasteiger partial charge in [0.15, 0.2) is 5.82 Å². The Morgan fingerprint density at radius 1 is 1.46 bits per heavy atom. The summed E-state index contributed by atoms with van der Waals surface area (Å²) < 4.78 is 5.90. The fourth-order valence-corrected chi connectivity index (χ4v) is 3.84. The quantitative estimate of drug-likeness (QED) is 0.569. The van der Waals surface area contributed by atoms with Gasteiger partial charge in [0.25, 0.3) is 0 Å². The van der Waals surface area contributed by atoms with Crippen molar-refractivity contribution in [3.63, 3.8) is 0 Å². The number of thioether (sulfide) groups is 1. The van der Waals surface area contributed by atoms with Gasteiger partial charge in [-0.25, -0.2) is 4.79 Å². The van der Waals surface area contributed by atoms with Crippen molar-refractivity contribution in [2.45, 2.75) is 49.3 Å². The van der Waals surface area contributed by atoms with E-state index in [9.17, 15) is 10.1 Å². The molecule has 0 radical (unpaired) electrons. The Bertz CT molecular complexity index is 815. The fraction of sp³-hybridized carbons (Fsp3) is 0.421. The normalized spacial score (nSPS) is 22.0. The monoisotopic (exact) mass is 370 g/mol. The molecule has 2 aromatic rings. The molecule has 2 unspecified atom stereocenters.